The number of hydrogen-bond acceptors (Lipinski definition) is 4. The van der Waals surface area contributed by atoms with Crippen LogP contribution in [0.25, 0.3) is 0 Å². The van der Waals surface area contributed by atoms with Crippen LogP contribution in [-0.2, 0) is 19.1 Å². The first-order chi connectivity index (χ1) is 9.38. The normalized spacial score (nSPS) is 11.7. The van der Waals surface area contributed by atoms with Gasteiger partial charge in [0.15, 0.2) is 0 Å². The van der Waals surface area contributed by atoms with Gasteiger partial charge in [-0.15, -0.1) is 0 Å². The maximum atomic E-state index is 12.3. The molecule has 0 saturated heterocycles. The quantitative estimate of drug-likeness (QED) is 0.625. The van der Waals surface area contributed by atoms with E-state index in [0.717, 1.165) is 6.42 Å². The fraction of sp³-hybridized carbons (Fsp3) is 0.786. The molecule has 116 valence electrons. The number of carbonyl (C=O) groups excluding carboxylic acids is 3. The van der Waals surface area contributed by atoms with E-state index in [-0.39, 0.29) is 30.9 Å². The van der Waals surface area contributed by atoms with E-state index < -0.39 is 6.04 Å². The second kappa shape index (κ2) is 9.34. The van der Waals surface area contributed by atoms with Crippen molar-refractivity contribution < 1.29 is 19.1 Å². The fourth-order valence-corrected chi connectivity index (χ4v) is 1.85. The smallest absolute Gasteiger partial charge is 0.328 e. The Hall–Kier alpha value is -1.59. The van der Waals surface area contributed by atoms with Gasteiger partial charge in [-0.2, -0.15) is 0 Å². The van der Waals surface area contributed by atoms with Gasteiger partial charge in [-0.3, -0.25) is 9.59 Å². The van der Waals surface area contributed by atoms with Crippen molar-refractivity contribution >= 4 is 17.8 Å². The second-order valence-electron chi connectivity index (χ2n) is 4.64. The largest absolute Gasteiger partial charge is 0.464 e. The molecule has 20 heavy (non-hydrogen) atoms. The van der Waals surface area contributed by atoms with Crippen LogP contribution in [0, 0.1) is 0 Å². The minimum Gasteiger partial charge on any atom is -0.464 e. The molecule has 6 heteroatoms. The summed E-state index contributed by atoms with van der Waals surface area (Å²) in [6.45, 7) is 7.66. The van der Waals surface area contributed by atoms with Crippen LogP contribution in [0.2, 0.25) is 0 Å². The summed E-state index contributed by atoms with van der Waals surface area (Å²) in [5, 5.41) is 0. The molecule has 0 aromatic rings. The highest BCUT2D eigenvalue weighted by molar-refractivity contribution is 5.87. The lowest BCUT2D eigenvalue weighted by Gasteiger charge is -2.30. The summed E-state index contributed by atoms with van der Waals surface area (Å²) in [6, 6.07) is -0.581. The molecule has 0 aliphatic heterocycles. The van der Waals surface area contributed by atoms with Crippen molar-refractivity contribution in [2.75, 3.05) is 26.7 Å². The highest BCUT2D eigenvalue weighted by atomic mass is 16.5. The number of ether oxygens (including phenoxy) is 1. The minimum atomic E-state index is -0.581. The van der Waals surface area contributed by atoms with Gasteiger partial charge in [-0.05, 0) is 19.8 Å². The average Bonchev–Trinajstić information content (AvgIpc) is 2.38. The summed E-state index contributed by atoms with van der Waals surface area (Å²) < 4.78 is 5.01. The Kier molecular flexibility index (Phi) is 8.59. The summed E-state index contributed by atoms with van der Waals surface area (Å²) in [5.74, 6) is -0.800. The lowest BCUT2D eigenvalue weighted by atomic mass is 10.1. The fourth-order valence-electron chi connectivity index (χ4n) is 1.85. The van der Waals surface area contributed by atoms with Gasteiger partial charge in [0, 0.05) is 20.5 Å². The van der Waals surface area contributed by atoms with E-state index >= 15 is 0 Å². The van der Waals surface area contributed by atoms with Crippen LogP contribution < -0.4 is 0 Å². The highest BCUT2D eigenvalue weighted by Crippen LogP contribution is 2.09. The Labute approximate surface area is 121 Å². The molecule has 0 aromatic heterocycles. The van der Waals surface area contributed by atoms with E-state index in [1.165, 1.54) is 16.7 Å². The van der Waals surface area contributed by atoms with Crippen molar-refractivity contribution in [2.24, 2.45) is 0 Å². The van der Waals surface area contributed by atoms with E-state index in [4.69, 9.17) is 4.74 Å². The molecule has 0 rings (SSSR count). The van der Waals surface area contributed by atoms with E-state index in [9.17, 15) is 14.4 Å². The maximum absolute atomic E-state index is 12.3. The van der Waals surface area contributed by atoms with Crippen molar-refractivity contribution in [3.63, 3.8) is 0 Å². The molecule has 0 N–H and O–H groups in total. The summed E-state index contributed by atoms with van der Waals surface area (Å²) in [6.07, 6.45) is 1.24. The van der Waals surface area contributed by atoms with Crippen LogP contribution in [0.5, 0.6) is 0 Å². The predicted octanol–water partition coefficient (Wildman–Crippen LogP) is 1.04. The van der Waals surface area contributed by atoms with Gasteiger partial charge in [0.05, 0.1) is 13.2 Å². The lowest BCUT2D eigenvalue weighted by molar-refractivity contribution is -0.155. The number of hydrogen-bond donors (Lipinski definition) is 0. The summed E-state index contributed by atoms with van der Waals surface area (Å²) >= 11 is 0. The van der Waals surface area contributed by atoms with Crippen LogP contribution in [0.3, 0.4) is 0 Å². The van der Waals surface area contributed by atoms with E-state index in [1.807, 2.05) is 13.8 Å². The molecule has 2 amide bonds. The van der Waals surface area contributed by atoms with Gasteiger partial charge in [-0.25, -0.2) is 4.79 Å². The first-order valence-corrected chi connectivity index (χ1v) is 7.06. The highest BCUT2D eigenvalue weighted by Gasteiger charge is 2.29. The van der Waals surface area contributed by atoms with Crippen LogP contribution in [0.4, 0.5) is 0 Å². The van der Waals surface area contributed by atoms with Gasteiger partial charge >= 0.3 is 5.97 Å². The Morgan fingerprint density at radius 1 is 1.15 bits per heavy atom. The molecule has 0 bridgehead atoms. The summed E-state index contributed by atoms with van der Waals surface area (Å²) in [4.78, 5) is 38.2. The molecule has 0 spiro atoms. The van der Waals surface area contributed by atoms with Gasteiger partial charge < -0.3 is 14.5 Å². The lowest BCUT2D eigenvalue weighted by Crippen LogP contribution is -2.49. The third-order valence-electron chi connectivity index (χ3n) is 3.02. The SMILES string of the molecule is CCCN(C(=O)CN(C)C(C)=O)[C@@H](CC)C(=O)OCC. The van der Waals surface area contributed by atoms with Gasteiger partial charge in [0.2, 0.25) is 11.8 Å². The topological polar surface area (TPSA) is 66.9 Å². The molecule has 0 aliphatic carbocycles. The molecule has 0 radical (unpaired) electrons. The third-order valence-corrected chi connectivity index (χ3v) is 3.02. The van der Waals surface area contributed by atoms with Crippen LogP contribution in [0.15, 0.2) is 0 Å². The molecule has 0 aromatic carbocycles. The zero-order valence-corrected chi connectivity index (χ0v) is 13.1. The van der Waals surface area contributed by atoms with Crippen molar-refractivity contribution in [3.05, 3.63) is 0 Å². The number of rotatable bonds is 8. The zero-order valence-electron chi connectivity index (χ0n) is 13.1. The third kappa shape index (κ3) is 5.59. The van der Waals surface area contributed by atoms with Crippen molar-refractivity contribution in [2.45, 2.75) is 46.6 Å². The first-order valence-electron chi connectivity index (χ1n) is 7.06. The predicted molar refractivity (Wildman–Crippen MR) is 76.0 cm³/mol. The van der Waals surface area contributed by atoms with Crippen molar-refractivity contribution in [1.29, 1.82) is 0 Å². The Morgan fingerprint density at radius 3 is 2.15 bits per heavy atom. The Balaban J connectivity index is 4.94. The van der Waals surface area contributed by atoms with Crippen LogP contribution in [0.1, 0.15) is 40.5 Å². The van der Waals surface area contributed by atoms with Gasteiger partial charge in [0.1, 0.15) is 6.04 Å². The molecule has 1 atom stereocenters. The Bertz CT molecular complexity index is 344. The Morgan fingerprint density at radius 2 is 1.75 bits per heavy atom. The molecular weight excluding hydrogens is 260 g/mol. The number of carbonyl (C=O) groups is 3. The monoisotopic (exact) mass is 286 g/mol. The molecule has 0 fully saturated rings. The zero-order chi connectivity index (χ0) is 15.7. The molecule has 6 nitrogen and oxygen atoms in total. The van der Waals surface area contributed by atoms with Gasteiger partial charge in [0.25, 0.3) is 0 Å². The van der Waals surface area contributed by atoms with E-state index in [2.05, 4.69) is 0 Å². The second-order valence-corrected chi connectivity index (χ2v) is 4.64. The molecule has 0 heterocycles. The van der Waals surface area contributed by atoms with Crippen molar-refractivity contribution in [1.82, 2.24) is 9.80 Å². The van der Waals surface area contributed by atoms with Crippen molar-refractivity contribution in [3.8, 4) is 0 Å². The maximum Gasteiger partial charge on any atom is 0.328 e. The van der Waals surface area contributed by atoms with E-state index in [1.54, 1.807) is 14.0 Å². The number of esters is 1. The number of likely N-dealkylation sites (N-methyl/N-ethyl adjacent to an activating group) is 1. The average molecular weight is 286 g/mol. The van der Waals surface area contributed by atoms with Crippen LogP contribution >= 0.6 is 0 Å². The molecule has 0 unspecified atom stereocenters. The van der Waals surface area contributed by atoms with E-state index in [0.29, 0.717) is 13.0 Å². The van der Waals surface area contributed by atoms with Crippen LogP contribution in [-0.4, -0.2) is 60.4 Å². The summed E-state index contributed by atoms with van der Waals surface area (Å²) in [5.41, 5.74) is 0. The standard InChI is InChI=1S/C14H26N2O4/c1-6-9-16(12(7-2)14(19)20-8-3)13(18)10-15(5)11(4)17/h12H,6-10H2,1-5H3/t12-/m0/s1. The first kappa shape index (κ1) is 18.4. The molecule has 0 aliphatic rings. The minimum absolute atomic E-state index is 0.0226. The summed E-state index contributed by atoms with van der Waals surface area (Å²) in [7, 11) is 1.57. The molecular formula is C14H26N2O4. The number of amides is 2. The number of nitrogens with zero attached hydrogens (tertiary/aromatic N) is 2. The van der Waals surface area contributed by atoms with Gasteiger partial charge in [-0.1, -0.05) is 13.8 Å². The molecule has 0 saturated carbocycles.